The molecule has 9 aromatic rings. The Kier molecular flexibility index (Phi) is 8.23. The first-order chi connectivity index (χ1) is 27.6. The molecule has 0 spiro atoms. The molecule has 1 nitrogen and oxygen atoms in total. The normalized spacial score (nSPS) is 12.6. The number of nitrogens with zero attached hydrogens (tertiary/aromatic N) is 1. The predicted molar refractivity (Wildman–Crippen MR) is 238 cm³/mol. The van der Waals surface area contributed by atoms with Crippen LogP contribution in [0.2, 0.25) is 0 Å². The maximum absolute atomic E-state index is 2.45. The average Bonchev–Trinajstić information content (AvgIpc) is 3.50. The van der Waals surface area contributed by atoms with E-state index in [1.54, 1.807) is 0 Å². The average molecular weight is 716 g/mol. The topological polar surface area (TPSA) is 3.24 Å². The zero-order valence-electron chi connectivity index (χ0n) is 31.7. The maximum atomic E-state index is 2.45. The van der Waals surface area contributed by atoms with Crippen molar-refractivity contribution in [2.45, 2.75) is 19.3 Å². The first-order valence-corrected chi connectivity index (χ1v) is 19.5. The lowest BCUT2D eigenvalue weighted by molar-refractivity contribution is 0.660. The zero-order valence-corrected chi connectivity index (χ0v) is 31.7. The summed E-state index contributed by atoms with van der Waals surface area (Å²) >= 11 is 0. The van der Waals surface area contributed by atoms with Gasteiger partial charge in [0.2, 0.25) is 0 Å². The van der Waals surface area contributed by atoms with Crippen molar-refractivity contribution in [1.82, 2.24) is 0 Å². The number of rotatable bonds is 7. The third-order valence-corrected chi connectivity index (χ3v) is 11.7. The number of fused-ring (bicyclic) bond motifs is 4. The Hall–Kier alpha value is -6.96. The molecular formula is C55H41N. The van der Waals surface area contributed by atoms with E-state index >= 15 is 0 Å². The van der Waals surface area contributed by atoms with Gasteiger partial charge in [0.15, 0.2) is 0 Å². The minimum Gasteiger partial charge on any atom is -0.310 e. The van der Waals surface area contributed by atoms with Crippen LogP contribution in [0.15, 0.2) is 212 Å². The highest BCUT2D eigenvalue weighted by Gasteiger charge is 2.37. The van der Waals surface area contributed by atoms with Crippen molar-refractivity contribution in [3.8, 4) is 55.6 Å². The third-order valence-electron chi connectivity index (χ3n) is 11.7. The van der Waals surface area contributed by atoms with Gasteiger partial charge in [-0.3, -0.25) is 0 Å². The predicted octanol–water partition coefficient (Wildman–Crippen LogP) is 15.3. The number of hydrogen-bond donors (Lipinski definition) is 0. The van der Waals surface area contributed by atoms with Crippen molar-refractivity contribution >= 4 is 27.8 Å². The van der Waals surface area contributed by atoms with Crippen LogP contribution in [0.3, 0.4) is 0 Å². The summed E-state index contributed by atoms with van der Waals surface area (Å²) in [6.45, 7) is 4.72. The number of benzene rings is 9. The fourth-order valence-electron chi connectivity index (χ4n) is 8.97. The van der Waals surface area contributed by atoms with Crippen molar-refractivity contribution in [1.29, 1.82) is 0 Å². The fourth-order valence-corrected chi connectivity index (χ4v) is 8.97. The first kappa shape index (κ1) is 33.6. The van der Waals surface area contributed by atoms with Crippen LogP contribution < -0.4 is 4.90 Å². The molecule has 0 saturated carbocycles. The number of anilines is 3. The van der Waals surface area contributed by atoms with E-state index in [-0.39, 0.29) is 5.41 Å². The highest BCUT2D eigenvalue weighted by Crippen LogP contribution is 2.54. The van der Waals surface area contributed by atoms with Crippen molar-refractivity contribution in [2.24, 2.45) is 0 Å². The molecule has 56 heavy (non-hydrogen) atoms. The lowest BCUT2D eigenvalue weighted by Crippen LogP contribution is -2.15. The van der Waals surface area contributed by atoms with Crippen LogP contribution in [0.25, 0.3) is 66.4 Å². The second-order valence-electron chi connectivity index (χ2n) is 15.3. The Morgan fingerprint density at radius 1 is 0.339 bits per heavy atom. The second kappa shape index (κ2) is 13.7. The molecule has 0 N–H and O–H groups in total. The minimum absolute atomic E-state index is 0.0914. The quantitative estimate of drug-likeness (QED) is 0.159. The highest BCUT2D eigenvalue weighted by atomic mass is 15.1. The molecule has 0 bridgehead atoms. The van der Waals surface area contributed by atoms with Crippen LogP contribution in [0.5, 0.6) is 0 Å². The Morgan fingerprint density at radius 3 is 1.66 bits per heavy atom. The molecule has 0 aromatic heterocycles. The van der Waals surface area contributed by atoms with Crippen molar-refractivity contribution in [3.05, 3.63) is 223 Å². The van der Waals surface area contributed by atoms with Crippen LogP contribution in [0, 0.1) is 0 Å². The molecule has 0 radical (unpaired) electrons. The van der Waals surface area contributed by atoms with Gasteiger partial charge in [0.25, 0.3) is 0 Å². The van der Waals surface area contributed by atoms with Crippen LogP contribution in [0.4, 0.5) is 17.1 Å². The van der Waals surface area contributed by atoms with Gasteiger partial charge in [-0.05, 0) is 102 Å². The fraction of sp³-hybridized carbons (Fsp3) is 0.0545. The van der Waals surface area contributed by atoms with E-state index < -0.39 is 0 Å². The van der Waals surface area contributed by atoms with Gasteiger partial charge in [0.05, 0.1) is 5.69 Å². The largest absolute Gasteiger partial charge is 0.310 e. The van der Waals surface area contributed by atoms with Crippen molar-refractivity contribution in [2.75, 3.05) is 4.90 Å². The molecule has 0 fully saturated rings. The second-order valence-corrected chi connectivity index (χ2v) is 15.3. The van der Waals surface area contributed by atoms with Gasteiger partial charge in [0, 0.05) is 22.4 Å². The van der Waals surface area contributed by atoms with Crippen molar-refractivity contribution < 1.29 is 0 Å². The van der Waals surface area contributed by atoms with Crippen LogP contribution >= 0.6 is 0 Å². The van der Waals surface area contributed by atoms with Crippen LogP contribution in [-0.4, -0.2) is 0 Å². The summed E-state index contributed by atoms with van der Waals surface area (Å²) < 4.78 is 0. The lowest BCUT2D eigenvalue weighted by Gasteiger charge is -2.30. The van der Waals surface area contributed by atoms with E-state index in [2.05, 4.69) is 231 Å². The maximum Gasteiger partial charge on any atom is 0.0540 e. The molecule has 10 rings (SSSR count). The van der Waals surface area contributed by atoms with Gasteiger partial charge in [-0.15, -0.1) is 0 Å². The Balaban J connectivity index is 1.20. The zero-order chi connectivity index (χ0) is 37.6. The molecule has 1 heteroatoms. The van der Waals surface area contributed by atoms with E-state index in [0.29, 0.717) is 0 Å². The van der Waals surface area contributed by atoms with Crippen LogP contribution in [0.1, 0.15) is 25.0 Å². The molecule has 0 aliphatic heterocycles. The van der Waals surface area contributed by atoms with Crippen LogP contribution in [-0.2, 0) is 5.41 Å². The summed E-state index contributed by atoms with van der Waals surface area (Å²) in [6.07, 6.45) is 0. The Morgan fingerprint density at radius 2 is 0.875 bits per heavy atom. The monoisotopic (exact) mass is 715 g/mol. The lowest BCUT2D eigenvalue weighted by atomic mass is 9.82. The van der Waals surface area contributed by atoms with Gasteiger partial charge in [-0.2, -0.15) is 0 Å². The molecule has 0 atom stereocenters. The molecule has 0 saturated heterocycles. The summed E-state index contributed by atoms with van der Waals surface area (Å²) in [4.78, 5) is 2.45. The summed E-state index contributed by atoms with van der Waals surface area (Å²) in [7, 11) is 0. The summed E-state index contributed by atoms with van der Waals surface area (Å²) in [5.74, 6) is 0. The molecule has 1 aliphatic carbocycles. The van der Waals surface area contributed by atoms with E-state index in [1.807, 2.05) is 0 Å². The molecule has 0 unspecified atom stereocenters. The molecule has 0 amide bonds. The molecule has 9 aromatic carbocycles. The van der Waals surface area contributed by atoms with Gasteiger partial charge >= 0.3 is 0 Å². The summed E-state index contributed by atoms with van der Waals surface area (Å²) in [5, 5.41) is 2.51. The van der Waals surface area contributed by atoms with E-state index in [4.69, 9.17) is 0 Å². The van der Waals surface area contributed by atoms with Crippen molar-refractivity contribution in [3.63, 3.8) is 0 Å². The Labute approximate surface area is 329 Å². The summed E-state index contributed by atoms with van der Waals surface area (Å²) in [5.41, 5.74) is 18.3. The molecular weight excluding hydrogens is 675 g/mol. The Bertz CT molecular complexity index is 2860. The van der Waals surface area contributed by atoms with Gasteiger partial charge in [-0.1, -0.05) is 196 Å². The number of para-hydroxylation sites is 1. The molecule has 1 aliphatic rings. The highest BCUT2D eigenvalue weighted by molar-refractivity contribution is 6.00. The number of hydrogen-bond acceptors (Lipinski definition) is 1. The van der Waals surface area contributed by atoms with E-state index in [1.165, 1.54) is 77.5 Å². The molecule has 0 heterocycles. The summed E-state index contributed by atoms with van der Waals surface area (Å²) in [6, 6.07) is 77.6. The van der Waals surface area contributed by atoms with Gasteiger partial charge in [-0.25, -0.2) is 0 Å². The van der Waals surface area contributed by atoms with E-state index in [9.17, 15) is 0 Å². The standard InChI is InChI=1S/C55H41N/c1-55(2)51-28-13-11-25-49(51)54-48(27-16-29-52(54)55)47-24-12-14-30-53(47)56(42-33-31-41(32-34-42)45-26-15-22-39-21-9-10-23-44(39)45)43-35-36-46(38-17-5-3-6-18-38)50(37-43)40-19-7-4-8-20-40/h3-37H,1-2H3. The van der Waals surface area contributed by atoms with E-state index in [0.717, 1.165) is 17.1 Å². The van der Waals surface area contributed by atoms with Gasteiger partial charge in [0.1, 0.15) is 0 Å². The SMILES string of the molecule is CC1(C)c2ccccc2-c2c(-c3ccccc3N(c3ccc(-c4cccc5ccccc45)cc3)c3ccc(-c4ccccc4)c(-c4ccccc4)c3)cccc21. The smallest absolute Gasteiger partial charge is 0.0540 e. The molecule has 266 valence electrons. The first-order valence-electron chi connectivity index (χ1n) is 19.5. The minimum atomic E-state index is -0.0914. The third kappa shape index (κ3) is 5.63. The van der Waals surface area contributed by atoms with Gasteiger partial charge < -0.3 is 4.90 Å².